The van der Waals surface area contributed by atoms with Gasteiger partial charge in [0.25, 0.3) is 0 Å². The molecule has 3 aliphatic rings. The summed E-state index contributed by atoms with van der Waals surface area (Å²) in [5, 5.41) is 0. The van der Waals surface area contributed by atoms with Gasteiger partial charge in [0.05, 0.1) is 0 Å². The monoisotopic (exact) mass is 273 g/mol. The third kappa shape index (κ3) is 2.04. The molecule has 2 aliphatic carbocycles. The Morgan fingerprint density at radius 1 is 0.857 bits per heavy atom. The second-order valence-electron chi connectivity index (χ2n) is 6.10. The second-order valence-corrected chi connectivity index (χ2v) is 6.10. The average Bonchev–Trinajstić information content (AvgIpc) is 2.56. The van der Waals surface area contributed by atoms with Gasteiger partial charge in [0.2, 0.25) is 0 Å². The number of fused-ring (bicyclic) bond motifs is 2. The quantitative estimate of drug-likeness (QED) is 0.705. The summed E-state index contributed by atoms with van der Waals surface area (Å²) in [6, 6.07) is 10.8. The number of allylic oxidation sites excluding steroid dienone is 7. The van der Waals surface area contributed by atoms with E-state index in [2.05, 4.69) is 78.8 Å². The van der Waals surface area contributed by atoms with Crippen LogP contribution in [0.25, 0.3) is 0 Å². The molecule has 104 valence electrons. The Hall–Kier alpha value is -2.15. The molecule has 0 radical (unpaired) electrons. The molecule has 0 spiro atoms. The van der Waals surface area contributed by atoms with Crippen LogP contribution in [0.5, 0.6) is 0 Å². The van der Waals surface area contributed by atoms with Crippen molar-refractivity contribution in [3.05, 3.63) is 83.6 Å². The highest BCUT2D eigenvalue weighted by atomic mass is 14.7. The Labute approximate surface area is 126 Å². The normalized spacial score (nSPS) is 33.0. The lowest BCUT2D eigenvalue weighted by Gasteiger charge is -2.35. The van der Waals surface area contributed by atoms with E-state index in [1.54, 1.807) is 0 Å². The molecule has 0 N–H and O–H groups in total. The van der Waals surface area contributed by atoms with E-state index in [4.69, 9.17) is 0 Å². The van der Waals surface area contributed by atoms with Crippen LogP contribution >= 0.6 is 0 Å². The Morgan fingerprint density at radius 3 is 2.52 bits per heavy atom. The van der Waals surface area contributed by atoms with Gasteiger partial charge in [-0.05, 0) is 22.6 Å². The molecule has 0 saturated heterocycles. The maximum atomic E-state index is 4.35. The second kappa shape index (κ2) is 5.00. The lowest BCUT2D eigenvalue weighted by atomic mass is 9.69. The number of aliphatic imine (C=N–C) groups is 1. The summed E-state index contributed by atoms with van der Waals surface area (Å²) in [6.07, 6.45) is 15.6. The summed E-state index contributed by atoms with van der Waals surface area (Å²) in [4.78, 5) is 4.35. The molecule has 1 nitrogen and oxygen atoms in total. The number of benzene rings is 1. The molecule has 1 heterocycles. The molecule has 1 aromatic rings. The molecule has 0 aromatic heterocycles. The fourth-order valence-electron chi connectivity index (χ4n) is 3.75. The molecule has 21 heavy (non-hydrogen) atoms. The third-order valence-corrected chi connectivity index (χ3v) is 4.94. The Balaban J connectivity index is 1.71. The van der Waals surface area contributed by atoms with E-state index < -0.39 is 0 Å². The molecular weight excluding hydrogens is 254 g/mol. The molecule has 0 amide bonds. The molecule has 4 unspecified atom stereocenters. The first-order valence-electron chi connectivity index (χ1n) is 7.70. The number of rotatable bonds is 1. The van der Waals surface area contributed by atoms with Crippen molar-refractivity contribution in [2.75, 3.05) is 0 Å². The van der Waals surface area contributed by atoms with Gasteiger partial charge in [-0.15, -0.1) is 0 Å². The predicted octanol–water partition coefficient (Wildman–Crippen LogP) is 4.67. The van der Waals surface area contributed by atoms with Crippen LogP contribution in [0.2, 0.25) is 0 Å². The van der Waals surface area contributed by atoms with Crippen LogP contribution in [-0.4, -0.2) is 6.21 Å². The molecule has 4 atom stereocenters. The van der Waals surface area contributed by atoms with Crippen LogP contribution in [-0.2, 0) is 0 Å². The van der Waals surface area contributed by atoms with Gasteiger partial charge in [-0.2, -0.15) is 0 Å². The van der Waals surface area contributed by atoms with Gasteiger partial charge in [0.15, 0.2) is 0 Å². The molecule has 0 saturated carbocycles. The number of hydrogen-bond acceptors (Lipinski definition) is 1. The topological polar surface area (TPSA) is 12.4 Å². The van der Waals surface area contributed by atoms with E-state index in [1.165, 1.54) is 16.7 Å². The van der Waals surface area contributed by atoms with E-state index in [-0.39, 0.29) is 0 Å². The average molecular weight is 273 g/mol. The summed E-state index contributed by atoms with van der Waals surface area (Å²) >= 11 is 0. The SMILES string of the molecule is CC1C2=C(C=CC1c1ccccc1)C1C=NC=CC1C=C2. The van der Waals surface area contributed by atoms with Crippen molar-refractivity contribution in [1.29, 1.82) is 0 Å². The first-order chi connectivity index (χ1) is 10.3. The smallest absolute Gasteiger partial charge is 0.0294 e. The number of hydrogen-bond donors (Lipinski definition) is 0. The van der Waals surface area contributed by atoms with Crippen LogP contribution in [0.15, 0.2) is 83.1 Å². The summed E-state index contributed by atoms with van der Waals surface area (Å²) in [7, 11) is 0. The van der Waals surface area contributed by atoms with E-state index >= 15 is 0 Å². The van der Waals surface area contributed by atoms with Crippen molar-refractivity contribution >= 4 is 6.21 Å². The van der Waals surface area contributed by atoms with Gasteiger partial charge in [0.1, 0.15) is 0 Å². The predicted molar refractivity (Wildman–Crippen MR) is 88.3 cm³/mol. The molecule has 1 aromatic carbocycles. The molecule has 4 rings (SSSR count). The molecule has 0 bridgehead atoms. The van der Waals surface area contributed by atoms with Gasteiger partial charge < -0.3 is 0 Å². The largest absolute Gasteiger partial charge is 0.269 e. The lowest BCUT2D eigenvalue weighted by Crippen LogP contribution is -2.26. The van der Waals surface area contributed by atoms with Gasteiger partial charge in [-0.3, -0.25) is 4.99 Å². The zero-order chi connectivity index (χ0) is 14.2. The maximum absolute atomic E-state index is 4.35. The summed E-state index contributed by atoms with van der Waals surface area (Å²) in [6.45, 7) is 2.34. The Bertz CT molecular complexity index is 688. The maximum Gasteiger partial charge on any atom is 0.0294 e. The van der Waals surface area contributed by atoms with Crippen LogP contribution in [0.1, 0.15) is 18.4 Å². The fourth-order valence-corrected chi connectivity index (χ4v) is 3.75. The van der Waals surface area contributed by atoms with Crippen LogP contribution in [0, 0.1) is 17.8 Å². The van der Waals surface area contributed by atoms with Gasteiger partial charge in [-0.25, -0.2) is 0 Å². The minimum absolute atomic E-state index is 0.422. The van der Waals surface area contributed by atoms with Gasteiger partial charge in [0, 0.05) is 30.2 Å². The van der Waals surface area contributed by atoms with Gasteiger partial charge >= 0.3 is 0 Å². The zero-order valence-electron chi connectivity index (χ0n) is 12.2. The van der Waals surface area contributed by atoms with Crippen molar-refractivity contribution in [2.24, 2.45) is 22.7 Å². The minimum atomic E-state index is 0.422. The van der Waals surface area contributed by atoms with E-state index in [0.29, 0.717) is 23.7 Å². The molecule has 1 heteroatoms. The molecule has 1 aliphatic heterocycles. The summed E-state index contributed by atoms with van der Waals surface area (Å²) in [5.41, 5.74) is 4.34. The Morgan fingerprint density at radius 2 is 1.67 bits per heavy atom. The minimum Gasteiger partial charge on any atom is -0.269 e. The molecule has 0 fully saturated rings. The van der Waals surface area contributed by atoms with Crippen molar-refractivity contribution in [3.63, 3.8) is 0 Å². The first-order valence-corrected chi connectivity index (χ1v) is 7.70. The highest BCUT2D eigenvalue weighted by molar-refractivity contribution is 5.72. The van der Waals surface area contributed by atoms with E-state index in [1.807, 2.05) is 6.20 Å². The van der Waals surface area contributed by atoms with Crippen LogP contribution in [0.3, 0.4) is 0 Å². The van der Waals surface area contributed by atoms with Crippen LogP contribution < -0.4 is 0 Å². The van der Waals surface area contributed by atoms with Crippen molar-refractivity contribution in [1.82, 2.24) is 0 Å². The van der Waals surface area contributed by atoms with E-state index in [0.717, 1.165) is 0 Å². The standard InChI is InChI=1S/C20H19N/c1-14-17(15-5-3-2-4-6-15)9-10-19-18(14)8-7-16-11-12-21-13-20(16)19/h2-14,16-17,20H,1H3. The summed E-state index contributed by atoms with van der Waals surface area (Å²) in [5.74, 6) is 1.89. The lowest BCUT2D eigenvalue weighted by molar-refractivity contribution is 0.567. The van der Waals surface area contributed by atoms with Gasteiger partial charge in [-0.1, -0.05) is 67.6 Å². The summed E-state index contributed by atoms with van der Waals surface area (Å²) < 4.78 is 0. The van der Waals surface area contributed by atoms with E-state index in [9.17, 15) is 0 Å². The Kier molecular flexibility index (Phi) is 2.99. The molecular formula is C20H19N. The highest BCUT2D eigenvalue weighted by Gasteiger charge is 2.32. The number of nitrogens with zero attached hydrogens (tertiary/aromatic N) is 1. The third-order valence-electron chi connectivity index (χ3n) is 4.94. The van der Waals surface area contributed by atoms with Crippen molar-refractivity contribution in [3.8, 4) is 0 Å². The first kappa shape index (κ1) is 12.6. The van der Waals surface area contributed by atoms with Crippen LogP contribution in [0.4, 0.5) is 0 Å². The highest BCUT2D eigenvalue weighted by Crippen LogP contribution is 2.43. The fraction of sp³-hybridized carbons (Fsp3) is 0.250. The van der Waals surface area contributed by atoms with Crippen molar-refractivity contribution < 1.29 is 0 Å². The zero-order valence-corrected chi connectivity index (χ0v) is 12.2. The van der Waals surface area contributed by atoms with Crippen molar-refractivity contribution in [2.45, 2.75) is 12.8 Å².